The van der Waals surface area contributed by atoms with Gasteiger partial charge in [-0.15, -0.1) is 0 Å². The zero-order chi connectivity index (χ0) is 12.0. The third kappa shape index (κ3) is 4.84. The number of rotatable bonds is 4. The molecule has 1 aliphatic heterocycles. The lowest BCUT2D eigenvalue weighted by Gasteiger charge is -2.35. The Morgan fingerprint density at radius 2 is 2.12 bits per heavy atom. The summed E-state index contributed by atoms with van der Waals surface area (Å²) in [6.45, 7) is 13.1. The Morgan fingerprint density at radius 1 is 1.38 bits per heavy atom. The molecule has 3 atom stereocenters. The summed E-state index contributed by atoms with van der Waals surface area (Å²) in [5.41, 5.74) is 0. The third-order valence-corrected chi connectivity index (χ3v) is 3.81. The van der Waals surface area contributed by atoms with Crippen molar-refractivity contribution in [3.05, 3.63) is 0 Å². The Kier molecular flexibility index (Phi) is 6.37. The van der Waals surface area contributed by atoms with Gasteiger partial charge in [0.2, 0.25) is 0 Å². The van der Waals surface area contributed by atoms with Crippen LogP contribution < -0.4 is 5.32 Å². The van der Waals surface area contributed by atoms with Gasteiger partial charge in [-0.1, -0.05) is 26.7 Å². The molecule has 0 aliphatic carbocycles. The molecule has 0 spiro atoms. The van der Waals surface area contributed by atoms with Crippen LogP contribution in [0.25, 0.3) is 0 Å². The van der Waals surface area contributed by atoms with Gasteiger partial charge in [-0.2, -0.15) is 0 Å². The van der Waals surface area contributed by atoms with Crippen LogP contribution in [0.5, 0.6) is 0 Å². The number of hydrogen-bond donors (Lipinski definition) is 1. The highest BCUT2D eigenvalue weighted by Crippen LogP contribution is 2.14. The Bertz CT molecular complexity index is 182. The summed E-state index contributed by atoms with van der Waals surface area (Å²) in [7, 11) is 0. The molecular weight excluding hydrogens is 196 g/mol. The van der Waals surface area contributed by atoms with Gasteiger partial charge in [0.05, 0.1) is 0 Å². The lowest BCUT2D eigenvalue weighted by molar-refractivity contribution is 0.148. The normalized spacial score (nSPS) is 30.8. The van der Waals surface area contributed by atoms with Crippen molar-refractivity contribution in [2.75, 3.05) is 19.6 Å². The van der Waals surface area contributed by atoms with E-state index in [0.717, 1.165) is 12.0 Å². The molecule has 3 unspecified atom stereocenters. The van der Waals surface area contributed by atoms with Crippen molar-refractivity contribution < 1.29 is 0 Å². The predicted octanol–water partition coefficient (Wildman–Crippen LogP) is 2.89. The summed E-state index contributed by atoms with van der Waals surface area (Å²) in [6, 6.07) is 1.45. The molecule has 0 radical (unpaired) electrons. The van der Waals surface area contributed by atoms with E-state index in [0.29, 0.717) is 6.04 Å². The molecule has 0 aromatic carbocycles. The highest BCUT2D eigenvalue weighted by Gasteiger charge is 2.19. The number of hydrogen-bond acceptors (Lipinski definition) is 2. The second-order valence-corrected chi connectivity index (χ2v) is 5.69. The zero-order valence-corrected chi connectivity index (χ0v) is 11.6. The lowest BCUT2D eigenvalue weighted by atomic mass is 10.0. The molecule has 16 heavy (non-hydrogen) atoms. The quantitative estimate of drug-likeness (QED) is 0.793. The smallest absolute Gasteiger partial charge is 0.00670 e. The van der Waals surface area contributed by atoms with Crippen molar-refractivity contribution in [1.29, 1.82) is 0 Å². The fraction of sp³-hybridized carbons (Fsp3) is 1.00. The molecular formula is C14H30N2. The molecule has 0 aromatic rings. The second kappa shape index (κ2) is 7.29. The van der Waals surface area contributed by atoms with Crippen molar-refractivity contribution in [1.82, 2.24) is 10.2 Å². The van der Waals surface area contributed by atoms with Crippen molar-refractivity contribution in [2.45, 2.75) is 65.5 Å². The molecule has 1 heterocycles. The summed E-state index contributed by atoms with van der Waals surface area (Å²) in [5, 5.41) is 3.61. The summed E-state index contributed by atoms with van der Waals surface area (Å²) < 4.78 is 0. The molecule has 0 aromatic heterocycles. The number of nitrogens with one attached hydrogen (secondary N) is 1. The first-order chi connectivity index (χ1) is 7.63. The van der Waals surface area contributed by atoms with E-state index in [1.807, 2.05) is 0 Å². The van der Waals surface area contributed by atoms with Crippen LogP contribution in [0, 0.1) is 5.92 Å². The first-order valence-corrected chi connectivity index (χ1v) is 7.11. The summed E-state index contributed by atoms with van der Waals surface area (Å²) >= 11 is 0. The maximum absolute atomic E-state index is 3.61. The molecule has 1 saturated heterocycles. The average molecular weight is 226 g/mol. The van der Waals surface area contributed by atoms with Gasteiger partial charge in [-0.3, -0.25) is 0 Å². The van der Waals surface area contributed by atoms with Gasteiger partial charge in [-0.05, 0) is 45.7 Å². The van der Waals surface area contributed by atoms with E-state index in [-0.39, 0.29) is 0 Å². The fourth-order valence-corrected chi connectivity index (χ4v) is 2.50. The van der Waals surface area contributed by atoms with Gasteiger partial charge in [0, 0.05) is 18.6 Å². The highest BCUT2D eigenvalue weighted by molar-refractivity contribution is 4.77. The monoisotopic (exact) mass is 226 g/mol. The Balaban J connectivity index is 2.42. The Hall–Kier alpha value is -0.0800. The van der Waals surface area contributed by atoms with Crippen molar-refractivity contribution in [3.8, 4) is 0 Å². The minimum absolute atomic E-state index is 0.684. The van der Waals surface area contributed by atoms with Crippen LogP contribution in [0.15, 0.2) is 0 Å². The van der Waals surface area contributed by atoms with Crippen molar-refractivity contribution >= 4 is 0 Å². The van der Waals surface area contributed by atoms with Gasteiger partial charge in [0.25, 0.3) is 0 Å². The molecule has 0 bridgehead atoms. The van der Waals surface area contributed by atoms with Crippen LogP contribution in [-0.2, 0) is 0 Å². The highest BCUT2D eigenvalue weighted by atomic mass is 15.2. The van der Waals surface area contributed by atoms with E-state index in [9.17, 15) is 0 Å². The number of unbranched alkanes of at least 4 members (excludes halogenated alkanes) is 1. The predicted molar refractivity (Wildman–Crippen MR) is 71.8 cm³/mol. The second-order valence-electron chi connectivity index (χ2n) is 5.69. The van der Waals surface area contributed by atoms with Crippen LogP contribution in [-0.4, -0.2) is 36.6 Å². The topological polar surface area (TPSA) is 15.3 Å². The van der Waals surface area contributed by atoms with Gasteiger partial charge in [0.15, 0.2) is 0 Å². The fourth-order valence-electron chi connectivity index (χ4n) is 2.50. The van der Waals surface area contributed by atoms with Crippen LogP contribution in [0.1, 0.15) is 53.4 Å². The van der Waals surface area contributed by atoms with Gasteiger partial charge >= 0.3 is 0 Å². The van der Waals surface area contributed by atoms with E-state index in [1.165, 1.54) is 45.3 Å². The molecule has 1 rings (SSSR count). The summed E-state index contributed by atoms with van der Waals surface area (Å²) in [4.78, 5) is 2.71. The molecule has 0 amide bonds. The molecule has 1 aliphatic rings. The lowest BCUT2D eigenvalue weighted by Crippen LogP contribution is -2.45. The first kappa shape index (κ1) is 14.0. The third-order valence-electron chi connectivity index (χ3n) is 3.81. The van der Waals surface area contributed by atoms with E-state index < -0.39 is 0 Å². The Morgan fingerprint density at radius 3 is 2.81 bits per heavy atom. The SMILES string of the molecule is CCCCC(C)N1CCC(C)NCC(C)C1. The van der Waals surface area contributed by atoms with Crippen LogP contribution in [0.3, 0.4) is 0 Å². The van der Waals surface area contributed by atoms with Crippen LogP contribution >= 0.6 is 0 Å². The molecule has 1 N–H and O–H groups in total. The average Bonchev–Trinajstić information content (AvgIpc) is 2.26. The van der Waals surface area contributed by atoms with E-state index >= 15 is 0 Å². The zero-order valence-electron chi connectivity index (χ0n) is 11.6. The van der Waals surface area contributed by atoms with Gasteiger partial charge in [-0.25, -0.2) is 0 Å². The molecule has 2 nitrogen and oxygen atoms in total. The van der Waals surface area contributed by atoms with Crippen molar-refractivity contribution in [2.24, 2.45) is 5.92 Å². The minimum Gasteiger partial charge on any atom is -0.314 e. The van der Waals surface area contributed by atoms with Gasteiger partial charge < -0.3 is 10.2 Å². The first-order valence-electron chi connectivity index (χ1n) is 7.11. The number of nitrogens with zero attached hydrogens (tertiary/aromatic N) is 1. The largest absolute Gasteiger partial charge is 0.314 e. The van der Waals surface area contributed by atoms with Crippen LogP contribution in [0.4, 0.5) is 0 Å². The van der Waals surface area contributed by atoms with Gasteiger partial charge in [0.1, 0.15) is 0 Å². The molecule has 1 fully saturated rings. The maximum atomic E-state index is 3.61. The summed E-state index contributed by atoms with van der Waals surface area (Å²) in [5.74, 6) is 0.784. The standard InChI is InChI=1S/C14H30N2/c1-5-6-7-14(4)16-9-8-13(3)15-10-12(2)11-16/h12-15H,5-11H2,1-4H3. The van der Waals surface area contributed by atoms with Crippen molar-refractivity contribution in [3.63, 3.8) is 0 Å². The van der Waals surface area contributed by atoms with Crippen LogP contribution in [0.2, 0.25) is 0 Å². The summed E-state index contributed by atoms with van der Waals surface area (Å²) in [6.07, 6.45) is 5.36. The molecule has 96 valence electrons. The Labute approximate surface area is 102 Å². The van der Waals surface area contributed by atoms with E-state index in [4.69, 9.17) is 0 Å². The minimum atomic E-state index is 0.684. The maximum Gasteiger partial charge on any atom is 0.00670 e. The van der Waals surface area contributed by atoms with E-state index in [1.54, 1.807) is 0 Å². The molecule has 2 heteroatoms. The van der Waals surface area contributed by atoms with E-state index in [2.05, 4.69) is 37.9 Å². The molecule has 0 saturated carbocycles.